The van der Waals surface area contributed by atoms with Crippen molar-refractivity contribution in [3.05, 3.63) is 53.6 Å². The molecule has 23 heavy (non-hydrogen) atoms. The molecule has 0 bridgehead atoms. The molecule has 0 radical (unpaired) electrons. The number of aryl methyl sites for hydroxylation is 2. The fourth-order valence-corrected chi connectivity index (χ4v) is 3.86. The third-order valence-corrected chi connectivity index (χ3v) is 5.50. The van der Waals surface area contributed by atoms with E-state index in [-0.39, 0.29) is 5.75 Å². The molecule has 0 amide bonds. The molecular formula is C18H20O4S. The highest BCUT2D eigenvalue weighted by Crippen LogP contribution is 2.35. The van der Waals surface area contributed by atoms with Gasteiger partial charge in [-0.1, -0.05) is 17.7 Å². The first-order chi connectivity index (χ1) is 11.0. The van der Waals surface area contributed by atoms with Gasteiger partial charge in [-0.25, -0.2) is 0 Å². The second-order valence-corrected chi connectivity index (χ2v) is 7.28. The predicted octanol–water partition coefficient (Wildman–Crippen LogP) is 2.83. The lowest BCUT2D eigenvalue weighted by atomic mass is 10.0. The van der Waals surface area contributed by atoms with Crippen LogP contribution in [0.2, 0.25) is 0 Å². The van der Waals surface area contributed by atoms with E-state index in [0.717, 1.165) is 16.9 Å². The zero-order chi connectivity index (χ0) is 16.4. The maximum atomic E-state index is 12.5. The van der Waals surface area contributed by atoms with Gasteiger partial charge in [-0.3, -0.25) is 4.21 Å². The van der Waals surface area contributed by atoms with Crippen molar-refractivity contribution in [2.75, 3.05) is 12.9 Å². The van der Waals surface area contributed by atoms with Crippen molar-refractivity contribution in [1.29, 1.82) is 0 Å². The molecule has 0 saturated heterocycles. The molecular weight excluding hydrogens is 312 g/mol. The second kappa shape index (κ2) is 6.34. The van der Waals surface area contributed by atoms with Crippen molar-refractivity contribution in [2.45, 2.75) is 30.4 Å². The van der Waals surface area contributed by atoms with Crippen LogP contribution in [0.15, 0.2) is 47.4 Å². The van der Waals surface area contributed by atoms with Crippen LogP contribution in [0.5, 0.6) is 11.5 Å². The number of benzene rings is 2. The van der Waals surface area contributed by atoms with Crippen molar-refractivity contribution in [2.24, 2.45) is 0 Å². The van der Waals surface area contributed by atoms with Crippen molar-refractivity contribution in [3.8, 4) is 11.5 Å². The van der Waals surface area contributed by atoms with E-state index >= 15 is 0 Å². The van der Waals surface area contributed by atoms with Crippen LogP contribution in [-0.2, 0) is 17.2 Å². The largest absolute Gasteiger partial charge is 0.497 e. The molecule has 3 rings (SSSR count). The van der Waals surface area contributed by atoms with E-state index in [9.17, 15) is 9.32 Å². The van der Waals surface area contributed by atoms with E-state index in [4.69, 9.17) is 9.47 Å². The lowest BCUT2D eigenvalue weighted by Gasteiger charge is -2.33. The first-order valence-electron chi connectivity index (χ1n) is 7.52. The topological polar surface area (TPSA) is 55.8 Å². The maximum absolute atomic E-state index is 12.5. The number of ether oxygens (including phenoxy) is 2. The quantitative estimate of drug-likeness (QED) is 0.935. The Bertz CT molecular complexity index is 726. The van der Waals surface area contributed by atoms with Gasteiger partial charge in [-0.15, -0.1) is 0 Å². The minimum Gasteiger partial charge on any atom is -0.497 e. The molecule has 1 aliphatic heterocycles. The first kappa shape index (κ1) is 16.0. The Hall–Kier alpha value is -1.85. The molecule has 0 aromatic heterocycles. The molecule has 122 valence electrons. The number of fused-ring (bicyclic) bond motifs is 1. The summed E-state index contributed by atoms with van der Waals surface area (Å²) in [5, 5.41) is 10.7. The third kappa shape index (κ3) is 3.57. The van der Waals surface area contributed by atoms with E-state index in [1.807, 2.05) is 37.3 Å². The van der Waals surface area contributed by atoms with Crippen LogP contribution >= 0.6 is 0 Å². The Morgan fingerprint density at radius 1 is 1.26 bits per heavy atom. The smallest absolute Gasteiger partial charge is 0.220 e. The minimum absolute atomic E-state index is 0.0571. The van der Waals surface area contributed by atoms with Gasteiger partial charge in [-0.2, -0.15) is 0 Å². The molecule has 2 aromatic carbocycles. The summed E-state index contributed by atoms with van der Waals surface area (Å²) in [4.78, 5) is 0.702. The average Bonchev–Trinajstić information content (AvgIpc) is 2.54. The normalized spacial score (nSPS) is 21.2. The second-order valence-electron chi connectivity index (χ2n) is 5.82. The monoisotopic (exact) mass is 332 g/mol. The van der Waals surface area contributed by atoms with Crippen molar-refractivity contribution < 1.29 is 18.8 Å². The summed E-state index contributed by atoms with van der Waals surface area (Å²) in [6, 6.07) is 13.0. The molecule has 0 spiro atoms. The van der Waals surface area contributed by atoms with Crippen molar-refractivity contribution >= 4 is 10.8 Å². The molecule has 0 fully saturated rings. The third-order valence-electron chi connectivity index (χ3n) is 3.99. The fraction of sp³-hybridized carbons (Fsp3) is 0.333. The summed E-state index contributed by atoms with van der Waals surface area (Å²) < 4.78 is 23.4. The maximum Gasteiger partial charge on any atom is 0.220 e. The number of rotatable bonds is 4. The molecule has 4 nitrogen and oxygen atoms in total. The Balaban J connectivity index is 1.75. The van der Waals surface area contributed by atoms with Gasteiger partial charge in [-0.05, 0) is 49.2 Å². The zero-order valence-electron chi connectivity index (χ0n) is 13.2. The molecule has 2 aromatic rings. The van der Waals surface area contributed by atoms with E-state index in [1.54, 1.807) is 19.2 Å². The van der Waals surface area contributed by atoms with Crippen LogP contribution in [0, 0.1) is 6.92 Å². The Labute approximate surface area is 138 Å². The van der Waals surface area contributed by atoms with Crippen LogP contribution in [0.1, 0.15) is 17.5 Å². The standard InChI is InChI=1S/C18H20O4S/c1-13-3-6-16(7-4-13)23(20)12-18(19)10-9-14-11-15(21-2)5-8-17(14)22-18/h3-8,11,19H,9-10,12H2,1-2H3/t18?,23-/m1/s1. The summed E-state index contributed by atoms with van der Waals surface area (Å²) in [6.45, 7) is 1.98. The number of aliphatic hydroxyl groups is 1. The minimum atomic E-state index is -1.41. The van der Waals surface area contributed by atoms with Crippen LogP contribution < -0.4 is 9.47 Å². The number of hydrogen-bond donors (Lipinski definition) is 1. The van der Waals surface area contributed by atoms with Gasteiger partial charge >= 0.3 is 0 Å². The SMILES string of the molecule is COc1ccc2c(c1)CCC(O)(C[S@@](=O)c1ccc(C)cc1)O2. The molecule has 0 aliphatic carbocycles. The van der Waals surface area contributed by atoms with Gasteiger partial charge in [0.25, 0.3) is 0 Å². The van der Waals surface area contributed by atoms with Gasteiger partial charge in [0.2, 0.25) is 5.79 Å². The highest BCUT2D eigenvalue weighted by molar-refractivity contribution is 7.85. The van der Waals surface area contributed by atoms with E-state index < -0.39 is 16.6 Å². The molecule has 1 heterocycles. The molecule has 0 saturated carbocycles. The number of hydrogen-bond acceptors (Lipinski definition) is 4. The first-order valence-corrected chi connectivity index (χ1v) is 8.84. The highest BCUT2D eigenvalue weighted by Gasteiger charge is 2.36. The van der Waals surface area contributed by atoms with Crippen molar-refractivity contribution in [1.82, 2.24) is 0 Å². The summed E-state index contributed by atoms with van der Waals surface area (Å²) in [6.07, 6.45) is 1.07. The van der Waals surface area contributed by atoms with E-state index in [2.05, 4.69) is 0 Å². The Morgan fingerprint density at radius 3 is 2.70 bits per heavy atom. The molecule has 5 heteroatoms. The van der Waals surface area contributed by atoms with E-state index in [0.29, 0.717) is 23.5 Å². The fourth-order valence-electron chi connectivity index (χ4n) is 2.64. The highest BCUT2D eigenvalue weighted by atomic mass is 32.2. The average molecular weight is 332 g/mol. The van der Waals surface area contributed by atoms with Crippen LogP contribution in [0.25, 0.3) is 0 Å². The van der Waals surface area contributed by atoms with Crippen LogP contribution in [-0.4, -0.2) is 28.0 Å². The van der Waals surface area contributed by atoms with Gasteiger partial charge < -0.3 is 14.6 Å². The van der Waals surface area contributed by atoms with Crippen molar-refractivity contribution in [3.63, 3.8) is 0 Å². The van der Waals surface area contributed by atoms with Gasteiger partial charge in [0.05, 0.1) is 23.7 Å². The summed E-state index contributed by atoms with van der Waals surface area (Å²) in [5.74, 6) is 0.0419. The predicted molar refractivity (Wildman–Crippen MR) is 89.3 cm³/mol. The lowest BCUT2D eigenvalue weighted by Crippen LogP contribution is -2.44. The van der Waals surface area contributed by atoms with Gasteiger partial charge in [0, 0.05) is 11.3 Å². The molecule has 2 atom stereocenters. The van der Waals surface area contributed by atoms with E-state index in [1.165, 1.54) is 0 Å². The van der Waals surface area contributed by atoms with Gasteiger partial charge in [0.1, 0.15) is 11.5 Å². The number of methoxy groups -OCH3 is 1. The van der Waals surface area contributed by atoms with Crippen LogP contribution in [0.4, 0.5) is 0 Å². The molecule has 1 aliphatic rings. The molecule has 1 N–H and O–H groups in total. The summed E-state index contributed by atoms with van der Waals surface area (Å²) in [5.41, 5.74) is 2.11. The van der Waals surface area contributed by atoms with Gasteiger partial charge in [0.15, 0.2) is 0 Å². The summed E-state index contributed by atoms with van der Waals surface area (Å²) in [7, 11) is 0.306. The summed E-state index contributed by atoms with van der Waals surface area (Å²) >= 11 is 0. The lowest BCUT2D eigenvalue weighted by molar-refractivity contribution is -0.130. The zero-order valence-corrected chi connectivity index (χ0v) is 14.1. The molecule has 1 unspecified atom stereocenters. The Kier molecular flexibility index (Phi) is 4.41. The Morgan fingerprint density at radius 2 is 2.00 bits per heavy atom. The van der Waals surface area contributed by atoms with Crippen LogP contribution in [0.3, 0.4) is 0 Å².